The van der Waals surface area contributed by atoms with E-state index in [9.17, 15) is 31.5 Å². The zero-order valence-electron chi connectivity index (χ0n) is 7.15. The van der Waals surface area contributed by atoms with Crippen molar-refractivity contribution >= 4 is 27.4 Å². The molecule has 0 bridgehead atoms. The van der Waals surface area contributed by atoms with Crippen molar-refractivity contribution in [3.05, 3.63) is 16.3 Å². The van der Waals surface area contributed by atoms with Crippen molar-refractivity contribution in [3.63, 3.8) is 0 Å². The van der Waals surface area contributed by atoms with Crippen LogP contribution in [0.4, 0.5) is 13.2 Å². The van der Waals surface area contributed by atoms with E-state index >= 15 is 0 Å². The molecule has 0 saturated heterocycles. The molecule has 0 spiro atoms. The van der Waals surface area contributed by atoms with E-state index < -0.39 is 32.2 Å². The second-order valence-corrected chi connectivity index (χ2v) is 4.84. The second-order valence-electron chi connectivity index (χ2n) is 2.38. The topological polar surface area (TPSA) is 83.5 Å². The van der Waals surface area contributed by atoms with Gasteiger partial charge in [0.1, 0.15) is 0 Å². The van der Waals surface area contributed by atoms with Gasteiger partial charge in [-0.1, -0.05) is 0 Å². The van der Waals surface area contributed by atoms with Crippen LogP contribution in [0.5, 0.6) is 5.75 Å². The van der Waals surface area contributed by atoms with E-state index in [1.54, 1.807) is 0 Å². The Balaban J connectivity index is 3.07. The molecular formula is C6H2F3O5S2-. The number of hydrogen-bond acceptors (Lipinski definition) is 6. The highest BCUT2D eigenvalue weighted by molar-refractivity contribution is 7.88. The normalized spacial score (nSPS) is 12.4. The molecule has 0 aliphatic carbocycles. The first-order valence-corrected chi connectivity index (χ1v) is 5.73. The molecular weight excluding hydrogens is 273 g/mol. The number of aromatic carboxylic acids is 1. The summed E-state index contributed by atoms with van der Waals surface area (Å²) in [7, 11) is -5.86. The van der Waals surface area contributed by atoms with Crippen molar-refractivity contribution in [2.45, 2.75) is 5.51 Å². The Bertz CT molecular complexity index is 500. The summed E-state index contributed by atoms with van der Waals surface area (Å²) in [4.78, 5) is 9.63. The van der Waals surface area contributed by atoms with E-state index in [0.29, 0.717) is 11.3 Å². The number of carboxylic acid groups (broad SMARTS) is 1. The molecule has 0 radical (unpaired) electrons. The average molecular weight is 275 g/mol. The molecule has 1 heterocycles. The molecule has 0 N–H and O–H groups in total. The minimum Gasteiger partial charge on any atom is -0.544 e. The van der Waals surface area contributed by atoms with Gasteiger partial charge in [-0.3, -0.25) is 0 Å². The van der Waals surface area contributed by atoms with Gasteiger partial charge in [-0.15, -0.1) is 11.3 Å². The van der Waals surface area contributed by atoms with Crippen LogP contribution in [0.3, 0.4) is 0 Å². The fraction of sp³-hybridized carbons (Fsp3) is 0.167. The fourth-order valence-corrected chi connectivity index (χ4v) is 1.85. The maximum Gasteiger partial charge on any atom is 0.534 e. The number of hydrogen-bond donors (Lipinski definition) is 0. The zero-order valence-corrected chi connectivity index (χ0v) is 8.78. The average Bonchev–Trinajstić information content (AvgIpc) is 2.49. The van der Waals surface area contributed by atoms with Gasteiger partial charge in [0.2, 0.25) is 0 Å². The van der Waals surface area contributed by atoms with Gasteiger partial charge < -0.3 is 14.1 Å². The Labute approximate surface area is 91.2 Å². The van der Waals surface area contributed by atoms with E-state index in [1.165, 1.54) is 0 Å². The molecule has 90 valence electrons. The smallest absolute Gasteiger partial charge is 0.534 e. The van der Waals surface area contributed by atoms with Crippen molar-refractivity contribution in [2.24, 2.45) is 0 Å². The highest BCUT2D eigenvalue weighted by Crippen LogP contribution is 2.31. The molecule has 0 fully saturated rings. The molecule has 10 heteroatoms. The van der Waals surface area contributed by atoms with E-state index in [4.69, 9.17) is 0 Å². The lowest BCUT2D eigenvalue weighted by molar-refractivity contribution is -0.254. The number of alkyl halides is 3. The third-order valence-corrected chi connectivity index (χ3v) is 3.14. The third-order valence-electron chi connectivity index (χ3n) is 1.30. The summed E-state index contributed by atoms with van der Waals surface area (Å²) in [6, 6.07) is 0.791. The molecule has 16 heavy (non-hydrogen) atoms. The molecule has 0 unspecified atom stereocenters. The standard InChI is InChI=1S/C6H3F3O5S2/c7-6(8,9)16(12,13)14-3-1-2-15-4(3)5(10)11/h1-2H,(H,10,11)/p-1. The van der Waals surface area contributed by atoms with Gasteiger partial charge in [-0.25, -0.2) is 0 Å². The summed E-state index contributed by atoms with van der Waals surface area (Å²) in [5.74, 6) is -2.73. The Kier molecular flexibility index (Phi) is 3.15. The summed E-state index contributed by atoms with van der Waals surface area (Å²) in [6.07, 6.45) is 0. The molecule has 1 aromatic heterocycles. The lowest BCUT2D eigenvalue weighted by atomic mass is 10.4. The van der Waals surface area contributed by atoms with Crippen LogP contribution in [0.15, 0.2) is 11.4 Å². The van der Waals surface area contributed by atoms with Gasteiger partial charge in [0.05, 0.1) is 10.8 Å². The van der Waals surface area contributed by atoms with Gasteiger partial charge in [-0.2, -0.15) is 21.6 Å². The van der Waals surface area contributed by atoms with Crippen LogP contribution in [0, 0.1) is 0 Å². The first-order chi connectivity index (χ1) is 7.15. The molecule has 5 nitrogen and oxygen atoms in total. The largest absolute Gasteiger partial charge is 0.544 e. The number of rotatable bonds is 3. The number of carbonyl (C=O) groups excluding carboxylic acids is 1. The third kappa shape index (κ3) is 2.44. The molecule has 1 rings (SSSR count). The van der Waals surface area contributed by atoms with Crippen molar-refractivity contribution in [1.29, 1.82) is 0 Å². The lowest BCUT2D eigenvalue weighted by Crippen LogP contribution is -2.29. The van der Waals surface area contributed by atoms with Crippen LogP contribution in [0.25, 0.3) is 0 Å². The number of halogens is 3. The Morgan fingerprint density at radius 1 is 1.44 bits per heavy atom. The van der Waals surface area contributed by atoms with Gasteiger partial charge in [0.15, 0.2) is 5.75 Å². The van der Waals surface area contributed by atoms with Crippen LogP contribution in [0.1, 0.15) is 9.67 Å². The van der Waals surface area contributed by atoms with Crippen LogP contribution >= 0.6 is 11.3 Å². The number of thiophene rings is 1. The molecule has 0 amide bonds. The van der Waals surface area contributed by atoms with E-state index in [2.05, 4.69) is 4.18 Å². The summed E-state index contributed by atoms with van der Waals surface area (Å²) >= 11 is 0.490. The maximum absolute atomic E-state index is 11.9. The Morgan fingerprint density at radius 3 is 2.44 bits per heavy atom. The molecule has 1 aromatic rings. The summed E-state index contributed by atoms with van der Waals surface area (Å²) in [6.45, 7) is 0. The Hall–Kier alpha value is -1.29. The van der Waals surface area contributed by atoms with E-state index in [-0.39, 0.29) is 0 Å². The SMILES string of the molecule is O=C([O-])c1sccc1OS(=O)(=O)C(F)(F)F. The summed E-state index contributed by atoms with van der Waals surface area (Å²) in [5.41, 5.74) is -5.61. The highest BCUT2D eigenvalue weighted by atomic mass is 32.2. The molecule has 0 aliphatic heterocycles. The lowest BCUT2D eigenvalue weighted by Gasteiger charge is -2.09. The minimum absolute atomic E-state index is 0.490. The molecule has 0 atom stereocenters. The first-order valence-electron chi connectivity index (χ1n) is 3.45. The predicted octanol–water partition coefficient (Wildman–Crippen LogP) is 0.340. The van der Waals surface area contributed by atoms with Crippen LogP contribution in [0.2, 0.25) is 0 Å². The molecule has 0 saturated carbocycles. The summed E-state index contributed by atoms with van der Waals surface area (Å²) in [5, 5.41) is 11.4. The van der Waals surface area contributed by atoms with Crippen LogP contribution in [-0.2, 0) is 10.1 Å². The number of carbonyl (C=O) groups is 1. The van der Waals surface area contributed by atoms with Crippen molar-refractivity contribution in [3.8, 4) is 5.75 Å². The van der Waals surface area contributed by atoms with Crippen LogP contribution in [-0.4, -0.2) is 19.9 Å². The number of carboxylic acids is 1. The molecule has 0 aromatic carbocycles. The van der Waals surface area contributed by atoms with Gasteiger partial charge >= 0.3 is 15.6 Å². The van der Waals surface area contributed by atoms with Crippen molar-refractivity contribution in [1.82, 2.24) is 0 Å². The minimum atomic E-state index is -5.86. The Morgan fingerprint density at radius 2 is 2.00 bits per heavy atom. The fourth-order valence-electron chi connectivity index (χ4n) is 0.677. The quantitative estimate of drug-likeness (QED) is 0.586. The molecule has 0 aliphatic rings. The van der Waals surface area contributed by atoms with Crippen molar-refractivity contribution < 1.29 is 35.7 Å². The highest BCUT2D eigenvalue weighted by Gasteiger charge is 2.48. The monoisotopic (exact) mass is 275 g/mol. The van der Waals surface area contributed by atoms with E-state index in [1.807, 2.05) is 0 Å². The van der Waals surface area contributed by atoms with E-state index in [0.717, 1.165) is 11.4 Å². The predicted molar refractivity (Wildman–Crippen MR) is 44.3 cm³/mol. The second kappa shape index (κ2) is 3.94. The van der Waals surface area contributed by atoms with Gasteiger partial charge in [-0.05, 0) is 11.4 Å². The van der Waals surface area contributed by atoms with Crippen LogP contribution < -0.4 is 9.29 Å². The maximum atomic E-state index is 11.9. The summed E-state index contributed by atoms with van der Waals surface area (Å²) < 4.78 is 60.4. The van der Waals surface area contributed by atoms with Gasteiger partial charge in [0.25, 0.3) is 0 Å². The zero-order chi connectivity index (χ0) is 12.6. The van der Waals surface area contributed by atoms with Gasteiger partial charge in [0, 0.05) is 0 Å². The first kappa shape index (κ1) is 12.8. The van der Waals surface area contributed by atoms with Crippen molar-refractivity contribution in [2.75, 3.05) is 0 Å².